The van der Waals surface area contributed by atoms with Crippen molar-refractivity contribution in [3.05, 3.63) is 59.7 Å². The van der Waals surface area contributed by atoms with Gasteiger partial charge >= 0.3 is 0 Å². The van der Waals surface area contributed by atoms with Crippen LogP contribution in [0, 0.1) is 0 Å². The Morgan fingerprint density at radius 2 is 1.77 bits per heavy atom. The zero-order chi connectivity index (χ0) is 15.9. The number of anilines is 1. The molecule has 0 saturated carbocycles. The van der Waals surface area contributed by atoms with Crippen molar-refractivity contribution in [3.63, 3.8) is 0 Å². The van der Waals surface area contributed by atoms with Crippen molar-refractivity contribution in [2.24, 2.45) is 0 Å². The van der Waals surface area contributed by atoms with Crippen molar-refractivity contribution in [2.75, 3.05) is 19.5 Å². The van der Waals surface area contributed by atoms with Crippen LogP contribution in [-0.2, 0) is 4.79 Å². The minimum Gasteiger partial charge on any atom is -0.497 e. The summed E-state index contributed by atoms with van der Waals surface area (Å²) in [5.41, 5.74) is 2.16. The van der Waals surface area contributed by atoms with E-state index in [-0.39, 0.29) is 5.91 Å². The molecule has 0 aliphatic carbocycles. The molecular formula is C18H19NO3. The highest BCUT2D eigenvalue weighted by atomic mass is 16.5. The van der Waals surface area contributed by atoms with Crippen LogP contribution in [0.3, 0.4) is 0 Å². The topological polar surface area (TPSA) is 47.6 Å². The van der Waals surface area contributed by atoms with Crippen molar-refractivity contribution >= 4 is 17.7 Å². The zero-order valence-electron chi connectivity index (χ0n) is 12.9. The van der Waals surface area contributed by atoms with Crippen LogP contribution in [0.15, 0.2) is 54.1 Å². The third-order valence-corrected chi connectivity index (χ3v) is 3.20. The van der Waals surface area contributed by atoms with Gasteiger partial charge in [-0.1, -0.05) is 30.3 Å². The molecule has 22 heavy (non-hydrogen) atoms. The van der Waals surface area contributed by atoms with E-state index in [1.165, 1.54) is 0 Å². The van der Waals surface area contributed by atoms with Gasteiger partial charge in [0.15, 0.2) is 0 Å². The fourth-order valence-corrected chi connectivity index (χ4v) is 2.00. The lowest BCUT2D eigenvalue weighted by atomic mass is 10.1. The maximum absolute atomic E-state index is 12.3. The molecule has 0 radical (unpaired) electrons. The van der Waals surface area contributed by atoms with Crippen LogP contribution in [-0.4, -0.2) is 20.1 Å². The van der Waals surface area contributed by atoms with E-state index in [0.717, 1.165) is 5.56 Å². The molecular weight excluding hydrogens is 278 g/mol. The maximum atomic E-state index is 12.3. The monoisotopic (exact) mass is 297 g/mol. The first-order valence-electron chi connectivity index (χ1n) is 6.90. The third-order valence-electron chi connectivity index (χ3n) is 3.20. The normalized spacial score (nSPS) is 11.0. The van der Waals surface area contributed by atoms with Gasteiger partial charge < -0.3 is 14.8 Å². The van der Waals surface area contributed by atoms with E-state index in [1.807, 2.05) is 36.4 Å². The second-order valence-electron chi connectivity index (χ2n) is 4.76. The molecule has 1 N–H and O–H groups in total. The van der Waals surface area contributed by atoms with Crippen molar-refractivity contribution in [1.82, 2.24) is 0 Å². The summed E-state index contributed by atoms with van der Waals surface area (Å²) < 4.78 is 10.4. The number of hydrogen-bond donors (Lipinski definition) is 1. The SMILES string of the molecule is COc1ccc(OC)c(NC(=O)C(C)=Cc2ccccc2)c1. The average molecular weight is 297 g/mol. The number of amides is 1. The van der Waals surface area contributed by atoms with E-state index in [1.54, 1.807) is 39.3 Å². The summed E-state index contributed by atoms with van der Waals surface area (Å²) in [5, 5.41) is 2.84. The fraction of sp³-hybridized carbons (Fsp3) is 0.167. The molecule has 114 valence electrons. The predicted molar refractivity (Wildman–Crippen MR) is 88.3 cm³/mol. The molecule has 0 atom stereocenters. The molecule has 0 saturated heterocycles. The first-order valence-corrected chi connectivity index (χ1v) is 6.90. The molecule has 0 aliphatic heterocycles. The number of carbonyl (C=O) groups is 1. The van der Waals surface area contributed by atoms with Crippen molar-refractivity contribution in [1.29, 1.82) is 0 Å². The summed E-state index contributed by atoms with van der Waals surface area (Å²) >= 11 is 0. The first kappa shape index (κ1) is 15.6. The van der Waals surface area contributed by atoms with Gasteiger partial charge in [-0.05, 0) is 30.7 Å². The Labute approximate surface area is 130 Å². The summed E-state index contributed by atoms with van der Waals surface area (Å²) in [6.45, 7) is 1.77. The number of ether oxygens (including phenoxy) is 2. The number of benzene rings is 2. The average Bonchev–Trinajstić information content (AvgIpc) is 2.55. The van der Waals surface area contributed by atoms with Gasteiger partial charge in [-0.2, -0.15) is 0 Å². The van der Waals surface area contributed by atoms with E-state index in [4.69, 9.17) is 9.47 Å². The van der Waals surface area contributed by atoms with Crippen molar-refractivity contribution in [3.8, 4) is 11.5 Å². The quantitative estimate of drug-likeness (QED) is 0.855. The number of carbonyl (C=O) groups excluding carboxylic acids is 1. The van der Waals surface area contributed by atoms with Gasteiger partial charge in [0.1, 0.15) is 11.5 Å². The molecule has 0 unspecified atom stereocenters. The smallest absolute Gasteiger partial charge is 0.251 e. The van der Waals surface area contributed by atoms with E-state index in [0.29, 0.717) is 22.8 Å². The Hall–Kier alpha value is -2.75. The fourth-order valence-electron chi connectivity index (χ4n) is 2.00. The minimum absolute atomic E-state index is 0.185. The number of hydrogen-bond acceptors (Lipinski definition) is 3. The standard InChI is InChI=1S/C18H19NO3/c1-13(11-14-7-5-4-6-8-14)18(20)19-16-12-15(21-2)9-10-17(16)22-3/h4-12H,1-3H3,(H,19,20). The summed E-state index contributed by atoms with van der Waals surface area (Å²) in [4.78, 5) is 12.3. The predicted octanol–water partition coefficient (Wildman–Crippen LogP) is 3.75. The molecule has 0 aliphatic rings. The van der Waals surface area contributed by atoms with E-state index < -0.39 is 0 Å². The van der Waals surface area contributed by atoms with E-state index in [9.17, 15) is 4.79 Å². The molecule has 1 amide bonds. The largest absolute Gasteiger partial charge is 0.497 e. The maximum Gasteiger partial charge on any atom is 0.251 e. The lowest BCUT2D eigenvalue weighted by Gasteiger charge is -2.12. The van der Waals surface area contributed by atoms with Crippen LogP contribution in [0.25, 0.3) is 6.08 Å². The molecule has 2 rings (SSSR count). The number of rotatable bonds is 5. The molecule has 4 nitrogen and oxygen atoms in total. The van der Waals surface area contributed by atoms with Gasteiger partial charge in [0.05, 0.1) is 19.9 Å². The third kappa shape index (κ3) is 3.88. The molecule has 0 heterocycles. The molecule has 0 spiro atoms. The Bertz CT molecular complexity index is 678. The van der Waals surface area contributed by atoms with E-state index in [2.05, 4.69) is 5.32 Å². The number of methoxy groups -OCH3 is 2. The minimum atomic E-state index is -0.185. The molecule has 2 aromatic carbocycles. The van der Waals surface area contributed by atoms with Crippen LogP contribution < -0.4 is 14.8 Å². The molecule has 4 heteroatoms. The van der Waals surface area contributed by atoms with Crippen LogP contribution in [0.1, 0.15) is 12.5 Å². The summed E-state index contributed by atoms with van der Waals surface area (Å²) in [7, 11) is 3.14. The van der Waals surface area contributed by atoms with Gasteiger partial charge in [-0.3, -0.25) is 4.79 Å². The van der Waals surface area contributed by atoms with Crippen molar-refractivity contribution < 1.29 is 14.3 Å². The molecule has 0 fully saturated rings. The Balaban J connectivity index is 2.19. The second-order valence-corrected chi connectivity index (χ2v) is 4.76. The first-order chi connectivity index (χ1) is 10.6. The van der Waals surface area contributed by atoms with E-state index >= 15 is 0 Å². The lowest BCUT2D eigenvalue weighted by molar-refractivity contribution is -0.112. The lowest BCUT2D eigenvalue weighted by Crippen LogP contribution is -2.13. The zero-order valence-corrected chi connectivity index (χ0v) is 12.9. The highest BCUT2D eigenvalue weighted by molar-refractivity contribution is 6.07. The van der Waals surface area contributed by atoms with Gasteiger partial charge in [0, 0.05) is 11.6 Å². The van der Waals surface area contributed by atoms with Gasteiger partial charge in [-0.15, -0.1) is 0 Å². The highest BCUT2D eigenvalue weighted by Crippen LogP contribution is 2.29. The van der Waals surface area contributed by atoms with Crippen LogP contribution in [0.2, 0.25) is 0 Å². The summed E-state index contributed by atoms with van der Waals surface area (Å²) in [6, 6.07) is 15.0. The Morgan fingerprint density at radius 3 is 2.41 bits per heavy atom. The van der Waals surface area contributed by atoms with Crippen LogP contribution >= 0.6 is 0 Å². The second kappa shape index (κ2) is 7.31. The molecule has 2 aromatic rings. The summed E-state index contributed by atoms with van der Waals surface area (Å²) in [5.74, 6) is 1.05. The van der Waals surface area contributed by atoms with Crippen molar-refractivity contribution in [2.45, 2.75) is 6.92 Å². The highest BCUT2D eigenvalue weighted by Gasteiger charge is 2.10. The number of nitrogens with one attached hydrogen (secondary N) is 1. The Morgan fingerprint density at radius 1 is 1.05 bits per heavy atom. The van der Waals surface area contributed by atoms with Gasteiger partial charge in [0.2, 0.25) is 0 Å². The van der Waals surface area contributed by atoms with Crippen LogP contribution in [0.5, 0.6) is 11.5 Å². The van der Waals surface area contributed by atoms with Gasteiger partial charge in [-0.25, -0.2) is 0 Å². The van der Waals surface area contributed by atoms with Crippen LogP contribution in [0.4, 0.5) is 5.69 Å². The molecule has 0 bridgehead atoms. The summed E-state index contributed by atoms with van der Waals surface area (Å²) in [6.07, 6.45) is 1.84. The Kier molecular flexibility index (Phi) is 5.20. The molecule has 0 aromatic heterocycles. The van der Waals surface area contributed by atoms with Gasteiger partial charge in [0.25, 0.3) is 5.91 Å².